The van der Waals surface area contributed by atoms with Crippen molar-refractivity contribution in [3.63, 3.8) is 0 Å². The highest BCUT2D eigenvalue weighted by Crippen LogP contribution is 2.33. The fourth-order valence-corrected chi connectivity index (χ4v) is 4.09. The molecule has 0 atom stereocenters. The van der Waals surface area contributed by atoms with Crippen LogP contribution in [0.25, 0.3) is 0 Å². The number of aryl methyl sites for hydroxylation is 1. The second-order valence-electron chi connectivity index (χ2n) is 7.34. The molecule has 0 bridgehead atoms. The van der Waals surface area contributed by atoms with Crippen molar-refractivity contribution < 1.29 is 19.1 Å². The van der Waals surface area contributed by atoms with Gasteiger partial charge in [-0.05, 0) is 37.5 Å². The summed E-state index contributed by atoms with van der Waals surface area (Å²) in [6.07, 6.45) is 4.82. The topological polar surface area (TPSA) is 76.9 Å². The van der Waals surface area contributed by atoms with E-state index in [1.807, 2.05) is 9.58 Å². The smallest absolute Gasteiger partial charge is 0.257 e. The van der Waals surface area contributed by atoms with Crippen molar-refractivity contribution in [3.8, 4) is 11.5 Å². The van der Waals surface area contributed by atoms with E-state index in [4.69, 9.17) is 9.47 Å². The molecular formula is C20H22N4O4. The number of carbonyl (C=O) groups excluding carboxylic acids is 2. The van der Waals surface area contributed by atoms with Crippen LogP contribution in [-0.4, -0.2) is 64.4 Å². The minimum atomic E-state index is -0.0479. The summed E-state index contributed by atoms with van der Waals surface area (Å²) in [5.74, 6) is 1.24. The van der Waals surface area contributed by atoms with Gasteiger partial charge in [0.05, 0.1) is 17.5 Å². The zero-order valence-electron chi connectivity index (χ0n) is 15.6. The molecule has 5 rings (SSSR count). The Hall–Kier alpha value is -3.03. The van der Waals surface area contributed by atoms with E-state index in [1.165, 1.54) is 0 Å². The molecule has 2 aromatic rings. The average molecular weight is 382 g/mol. The molecule has 0 aliphatic carbocycles. The Morgan fingerprint density at radius 3 is 2.46 bits per heavy atom. The van der Waals surface area contributed by atoms with Gasteiger partial charge in [-0.25, -0.2) is 0 Å². The number of hydrogen-bond acceptors (Lipinski definition) is 5. The molecule has 1 fully saturated rings. The van der Waals surface area contributed by atoms with E-state index < -0.39 is 0 Å². The Morgan fingerprint density at radius 1 is 0.893 bits per heavy atom. The molecule has 2 amide bonds. The maximum absolute atomic E-state index is 12.9. The van der Waals surface area contributed by atoms with Crippen LogP contribution in [0.15, 0.2) is 24.4 Å². The number of nitrogens with zero attached hydrogens (tertiary/aromatic N) is 4. The van der Waals surface area contributed by atoms with Crippen LogP contribution in [0.1, 0.15) is 39.3 Å². The fourth-order valence-electron chi connectivity index (χ4n) is 4.09. The van der Waals surface area contributed by atoms with Gasteiger partial charge >= 0.3 is 0 Å². The number of ether oxygens (including phenoxy) is 2. The van der Waals surface area contributed by atoms with Gasteiger partial charge in [-0.15, -0.1) is 0 Å². The van der Waals surface area contributed by atoms with Crippen molar-refractivity contribution in [1.82, 2.24) is 19.6 Å². The van der Waals surface area contributed by atoms with Crippen molar-refractivity contribution >= 4 is 11.8 Å². The Labute approximate surface area is 162 Å². The predicted octanol–water partition coefficient (Wildman–Crippen LogP) is 1.55. The van der Waals surface area contributed by atoms with Crippen molar-refractivity contribution in [2.75, 3.05) is 33.0 Å². The van der Waals surface area contributed by atoms with E-state index in [9.17, 15) is 9.59 Å². The van der Waals surface area contributed by atoms with E-state index >= 15 is 0 Å². The zero-order chi connectivity index (χ0) is 19.1. The van der Waals surface area contributed by atoms with E-state index in [0.29, 0.717) is 43.2 Å². The minimum absolute atomic E-state index is 0.0262. The molecule has 1 aromatic heterocycles. The summed E-state index contributed by atoms with van der Waals surface area (Å²) in [6.45, 7) is 3.16. The highest BCUT2D eigenvalue weighted by atomic mass is 16.7. The van der Waals surface area contributed by atoms with Crippen molar-refractivity contribution in [2.45, 2.75) is 25.8 Å². The molecule has 0 unspecified atom stereocenters. The Bertz CT molecular complexity index is 930. The van der Waals surface area contributed by atoms with Crippen LogP contribution in [0, 0.1) is 0 Å². The van der Waals surface area contributed by atoms with Crippen LogP contribution in [0.5, 0.6) is 11.5 Å². The van der Waals surface area contributed by atoms with Gasteiger partial charge in [0.15, 0.2) is 11.5 Å². The van der Waals surface area contributed by atoms with E-state index in [-0.39, 0.29) is 18.6 Å². The molecule has 1 saturated heterocycles. The quantitative estimate of drug-likeness (QED) is 0.788. The van der Waals surface area contributed by atoms with Gasteiger partial charge in [-0.1, -0.05) is 0 Å². The second-order valence-corrected chi connectivity index (χ2v) is 7.34. The first kappa shape index (κ1) is 17.1. The molecule has 1 aromatic carbocycles. The first-order valence-corrected chi connectivity index (χ1v) is 9.73. The van der Waals surface area contributed by atoms with Crippen LogP contribution < -0.4 is 9.47 Å². The first-order valence-electron chi connectivity index (χ1n) is 9.73. The number of piperazine rings is 1. The summed E-state index contributed by atoms with van der Waals surface area (Å²) in [6, 6.07) is 5.24. The van der Waals surface area contributed by atoms with Crippen LogP contribution in [0.2, 0.25) is 0 Å². The lowest BCUT2D eigenvalue weighted by Crippen LogP contribution is -2.50. The van der Waals surface area contributed by atoms with Crippen molar-refractivity contribution in [3.05, 3.63) is 41.2 Å². The lowest BCUT2D eigenvalue weighted by molar-refractivity contribution is 0.0534. The van der Waals surface area contributed by atoms with Gasteiger partial charge in [0.2, 0.25) is 6.79 Å². The maximum Gasteiger partial charge on any atom is 0.257 e. The van der Waals surface area contributed by atoms with Gasteiger partial charge in [-0.3, -0.25) is 14.3 Å². The largest absolute Gasteiger partial charge is 0.454 e. The summed E-state index contributed by atoms with van der Waals surface area (Å²) < 4.78 is 12.6. The summed E-state index contributed by atoms with van der Waals surface area (Å²) in [5.41, 5.74) is 2.35. The number of rotatable bonds is 2. The molecule has 4 heterocycles. The third-order valence-corrected chi connectivity index (χ3v) is 5.69. The Morgan fingerprint density at radius 2 is 1.64 bits per heavy atom. The molecule has 8 nitrogen and oxygen atoms in total. The standard InChI is InChI=1S/C20H22N4O4/c25-19(14-4-5-17-18(11-14)28-13-27-17)22-7-9-23(10-8-22)20(26)15-12-21-24-6-2-1-3-16(15)24/h4-5,11-12H,1-3,6-10,13H2. The lowest BCUT2D eigenvalue weighted by Gasteiger charge is -2.35. The van der Waals surface area contributed by atoms with Gasteiger partial charge in [-0.2, -0.15) is 5.10 Å². The lowest BCUT2D eigenvalue weighted by atomic mass is 10.1. The number of benzene rings is 1. The number of hydrogen-bond donors (Lipinski definition) is 0. The van der Waals surface area contributed by atoms with Gasteiger partial charge < -0.3 is 19.3 Å². The Kier molecular flexibility index (Phi) is 4.18. The number of fused-ring (bicyclic) bond motifs is 2. The summed E-state index contributed by atoms with van der Waals surface area (Å²) >= 11 is 0. The van der Waals surface area contributed by atoms with Gasteiger partial charge in [0, 0.05) is 38.3 Å². The highest BCUT2D eigenvalue weighted by molar-refractivity contribution is 5.96. The maximum atomic E-state index is 12.9. The molecular weight excluding hydrogens is 360 g/mol. The fraction of sp³-hybridized carbons (Fsp3) is 0.450. The normalized spacial score (nSPS) is 18.1. The molecule has 3 aliphatic rings. The van der Waals surface area contributed by atoms with Gasteiger partial charge in [0.1, 0.15) is 0 Å². The van der Waals surface area contributed by atoms with E-state index in [0.717, 1.165) is 37.1 Å². The van der Waals surface area contributed by atoms with Crippen LogP contribution >= 0.6 is 0 Å². The molecule has 146 valence electrons. The van der Waals surface area contributed by atoms with Crippen molar-refractivity contribution in [2.24, 2.45) is 0 Å². The van der Waals surface area contributed by atoms with Crippen LogP contribution in [-0.2, 0) is 13.0 Å². The highest BCUT2D eigenvalue weighted by Gasteiger charge is 2.29. The molecule has 0 saturated carbocycles. The van der Waals surface area contributed by atoms with E-state index in [2.05, 4.69) is 5.10 Å². The number of carbonyl (C=O) groups is 2. The molecule has 3 aliphatic heterocycles. The molecule has 8 heteroatoms. The van der Waals surface area contributed by atoms with Gasteiger partial charge in [0.25, 0.3) is 11.8 Å². The SMILES string of the molecule is O=C(c1ccc2c(c1)OCO2)N1CCN(C(=O)c2cnn3c2CCCC3)CC1. The van der Waals surface area contributed by atoms with Crippen molar-refractivity contribution in [1.29, 1.82) is 0 Å². The second kappa shape index (κ2) is 6.85. The Balaban J connectivity index is 1.24. The first-order chi connectivity index (χ1) is 13.7. The monoisotopic (exact) mass is 382 g/mol. The predicted molar refractivity (Wildman–Crippen MR) is 99.5 cm³/mol. The molecule has 28 heavy (non-hydrogen) atoms. The molecule has 0 N–H and O–H groups in total. The number of amides is 2. The zero-order valence-corrected chi connectivity index (χ0v) is 15.6. The number of aromatic nitrogens is 2. The average Bonchev–Trinajstić information content (AvgIpc) is 3.39. The third kappa shape index (κ3) is 2.89. The third-order valence-electron chi connectivity index (χ3n) is 5.69. The summed E-state index contributed by atoms with van der Waals surface area (Å²) in [4.78, 5) is 29.4. The molecule has 0 radical (unpaired) electrons. The van der Waals surface area contributed by atoms with Crippen LogP contribution in [0.4, 0.5) is 0 Å². The van der Waals surface area contributed by atoms with Crippen LogP contribution in [0.3, 0.4) is 0 Å². The summed E-state index contributed by atoms with van der Waals surface area (Å²) in [7, 11) is 0. The molecule has 0 spiro atoms. The van der Waals surface area contributed by atoms with E-state index in [1.54, 1.807) is 29.3 Å². The summed E-state index contributed by atoms with van der Waals surface area (Å²) in [5, 5.41) is 4.37. The minimum Gasteiger partial charge on any atom is -0.454 e.